The molecule has 0 atom stereocenters. The molecule has 0 radical (unpaired) electrons. The molecule has 1 heterocycles. The van der Waals surface area contributed by atoms with Crippen LogP contribution in [0.3, 0.4) is 0 Å². The molecular formula is C22H16N4O. The van der Waals surface area contributed by atoms with Crippen LogP contribution in [-0.4, -0.2) is 22.9 Å². The van der Waals surface area contributed by atoms with Crippen LogP contribution in [0.4, 0.5) is 0 Å². The molecule has 0 bridgehead atoms. The third kappa shape index (κ3) is 3.16. The molecule has 4 rings (SSSR count). The first kappa shape index (κ1) is 16.6. The average Bonchev–Trinajstić information content (AvgIpc) is 3.15. The highest BCUT2D eigenvalue weighted by Crippen LogP contribution is 2.27. The van der Waals surface area contributed by atoms with Crippen LogP contribution in [0, 0.1) is 11.3 Å². The number of oxime groups is 1. The van der Waals surface area contributed by atoms with Crippen LogP contribution in [0.25, 0.3) is 27.8 Å². The van der Waals surface area contributed by atoms with Crippen molar-refractivity contribution in [1.82, 2.24) is 9.55 Å². The average molecular weight is 352 g/mol. The van der Waals surface area contributed by atoms with Gasteiger partial charge in [-0.05, 0) is 47.0 Å². The van der Waals surface area contributed by atoms with Crippen molar-refractivity contribution in [3.05, 3.63) is 84.2 Å². The second-order valence-corrected chi connectivity index (χ2v) is 5.99. The minimum Gasteiger partial charge on any atom is -0.399 e. The predicted molar refractivity (Wildman–Crippen MR) is 106 cm³/mol. The van der Waals surface area contributed by atoms with Crippen molar-refractivity contribution >= 4 is 17.2 Å². The molecule has 5 heteroatoms. The first-order valence-electron chi connectivity index (χ1n) is 8.44. The number of benzene rings is 3. The zero-order chi connectivity index (χ0) is 18.6. The van der Waals surface area contributed by atoms with Crippen LogP contribution in [0.15, 0.2) is 78.2 Å². The number of hydrogen-bond donors (Lipinski definition) is 0. The Labute approximate surface area is 156 Å². The molecule has 1 aromatic heterocycles. The summed E-state index contributed by atoms with van der Waals surface area (Å²) in [6.07, 6.45) is 3.45. The summed E-state index contributed by atoms with van der Waals surface area (Å²) in [5, 5.41) is 13.2. The van der Waals surface area contributed by atoms with E-state index < -0.39 is 0 Å². The van der Waals surface area contributed by atoms with E-state index in [1.165, 1.54) is 7.11 Å². The summed E-state index contributed by atoms with van der Waals surface area (Å²) in [6.45, 7) is 0. The van der Waals surface area contributed by atoms with Gasteiger partial charge in [-0.25, -0.2) is 4.98 Å². The number of rotatable bonds is 4. The normalized spacial score (nSPS) is 11.0. The van der Waals surface area contributed by atoms with Gasteiger partial charge in [-0.15, -0.1) is 0 Å². The lowest BCUT2D eigenvalue weighted by Gasteiger charge is -2.09. The zero-order valence-corrected chi connectivity index (χ0v) is 14.7. The molecular weight excluding hydrogens is 336 g/mol. The molecule has 27 heavy (non-hydrogen) atoms. The van der Waals surface area contributed by atoms with Crippen LogP contribution in [0.5, 0.6) is 0 Å². The van der Waals surface area contributed by atoms with Crippen molar-refractivity contribution in [1.29, 1.82) is 5.26 Å². The van der Waals surface area contributed by atoms with Crippen LogP contribution < -0.4 is 0 Å². The van der Waals surface area contributed by atoms with Gasteiger partial charge in [-0.3, -0.25) is 4.57 Å². The molecule has 0 amide bonds. The van der Waals surface area contributed by atoms with E-state index in [1.54, 1.807) is 12.5 Å². The fourth-order valence-corrected chi connectivity index (χ4v) is 3.08. The monoisotopic (exact) mass is 352 g/mol. The molecule has 130 valence electrons. The maximum Gasteiger partial charge on any atom is 0.106 e. The van der Waals surface area contributed by atoms with E-state index in [0.717, 1.165) is 33.4 Å². The molecule has 0 spiro atoms. The largest absolute Gasteiger partial charge is 0.399 e. The van der Waals surface area contributed by atoms with Gasteiger partial charge in [0.2, 0.25) is 0 Å². The Morgan fingerprint density at radius 1 is 1.07 bits per heavy atom. The van der Waals surface area contributed by atoms with E-state index in [2.05, 4.69) is 22.3 Å². The van der Waals surface area contributed by atoms with Crippen molar-refractivity contribution in [3.63, 3.8) is 0 Å². The number of hydrogen-bond acceptors (Lipinski definition) is 4. The molecule has 3 aromatic carbocycles. The minimum atomic E-state index is 0.659. The molecule has 0 aliphatic carbocycles. The van der Waals surface area contributed by atoms with Gasteiger partial charge >= 0.3 is 0 Å². The number of imidazole rings is 1. The summed E-state index contributed by atoms with van der Waals surface area (Å²) >= 11 is 0. The summed E-state index contributed by atoms with van der Waals surface area (Å²) in [5.41, 5.74) is 6.35. The molecule has 5 nitrogen and oxygen atoms in total. The van der Waals surface area contributed by atoms with E-state index in [1.807, 2.05) is 65.2 Å². The van der Waals surface area contributed by atoms with Crippen molar-refractivity contribution in [2.75, 3.05) is 7.11 Å². The lowest BCUT2D eigenvalue weighted by Crippen LogP contribution is -1.93. The summed E-state index contributed by atoms with van der Waals surface area (Å²) in [5.74, 6) is 0. The van der Waals surface area contributed by atoms with E-state index in [9.17, 15) is 5.26 Å². The van der Waals surface area contributed by atoms with Crippen molar-refractivity contribution in [2.24, 2.45) is 5.16 Å². The number of aromatic nitrogens is 2. The van der Waals surface area contributed by atoms with Crippen LogP contribution in [0.1, 0.15) is 11.1 Å². The predicted octanol–water partition coefficient (Wildman–Crippen LogP) is 4.54. The zero-order valence-electron chi connectivity index (χ0n) is 14.7. The number of nitriles is 1. The van der Waals surface area contributed by atoms with Crippen LogP contribution in [-0.2, 0) is 4.84 Å². The second kappa shape index (κ2) is 7.14. The van der Waals surface area contributed by atoms with Gasteiger partial charge in [0.05, 0.1) is 28.9 Å². The van der Waals surface area contributed by atoms with Crippen molar-refractivity contribution in [3.8, 4) is 22.9 Å². The highest BCUT2D eigenvalue weighted by atomic mass is 16.6. The molecule has 0 saturated carbocycles. The van der Waals surface area contributed by atoms with Gasteiger partial charge in [0.25, 0.3) is 0 Å². The van der Waals surface area contributed by atoms with Gasteiger partial charge in [0.1, 0.15) is 13.4 Å². The summed E-state index contributed by atoms with van der Waals surface area (Å²) in [7, 11) is 1.52. The Hall–Kier alpha value is -3.91. The fraction of sp³-hybridized carbons (Fsp3) is 0.0455. The molecule has 4 aromatic rings. The quantitative estimate of drug-likeness (QED) is 0.400. The summed E-state index contributed by atoms with van der Waals surface area (Å²) in [6, 6.07) is 23.9. The number of fused-ring (bicyclic) bond motifs is 1. The Balaban J connectivity index is 1.78. The maximum atomic E-state index is 9.38. The SMILES string of the molecule is CON=Cc1ccc2c(c1)ncn2-c1cccc(-c2ccccc2C#N)c1. The van der Waals surface area contributed by atoms with E-state index in [-0.39, 0.29) is 0 Å². The first-order chi connectivity index (χ1) is 13.3. The Bertz CT molecular complexity index is 1180. The molecule has 0 fully saturated rings. The number of nitrogens with zero attached hydrogens (tertiary/aromatic N) is 4. The third-order valence-electron chi connectivity index (χ3n) is 4.36. The topological polar surface area (TPSA) is 63.2 Å². The fourth-order valence-electron chi connectivity index (χ4n) is 3.08. The summed E-state index contributed by atoms with van der Waals surface area (Å²) < 4.78 is 2.03. The van der Waals surface area contributed by atoms with Gasteiger partial charge in [-0.1, -0.05) is 41.6 Å². The smallest absolute Gasteiger partial charge is 0.106 e. The van der Waals surface area contributed by atoms with Gasteiger partial charge in [0.15, 0.2) is 0 Å². The maximum absolute atomic E-state index is 9.38. The summed E-state index contributed by atoms with van der Waals surface area (Å²) in [4.78, 5) is 9.24. The van der Waals surface area contributed by atoms with E-state index >= 15 is 0 Å². The molecule has 0 unspecified atom stereocenters. The van der Waals surface area contributed by atoms with Crippen molar-refractivity contribution in [2.45, 2.75) is 0 Å². The Morgan fingerprint density at radius 3 is 2.81 bits per heavy atom. The molecule has 0 saturated heterocycles. The Morgan fingerprint density at radius 2 is 1.96 bits per heavy atom. The molecule has 0 N–H and O–H groups in total. The van der Waals surface area contributed by atoms with Gasteiger partial charge in [-0.2, -0.15) is 5.26 Å². The van der Waals surface area contributed by atoms with Gasteiger partial charge in [0, 0.05) is 5.69 Å². The van der Waals surface area contributed by atoms with Crippen LogP contribution >= 0.6 is 0 Å². The highest BCUT2D eigenvalue weighted by molar-refractivity contribution is 5.87. The second-order valence-electron chi connectivity index (χ2n) is 5.99. The van der Waals surface area contributed by atoms with E-state index in [4.69, 9.17) is 4.84 Å². The van der Waals surface area contributed by atoms with Gasteiger partial charge < -0.3 is 4.84 Å². The Kier molecular flexibility index (Phi) is 4.38. The molecule has 0 aliphatic rings. The lowest BCUT2D eigenvalue weighted by atomic mass is 10.00. The van der Waals surface area contributed by atoms with Crippen molar-refractivity contribution < 1.29 is 4.84 Å². The third-order valence-corrected chi connectivity index (χ3v) is 4.36. The minimum absolute atomic E-state index is 0.659. The standard InChI is InChI=1S/C22H16N4O/c1-27-25-14-16-9-10-22-21(11-16)24-15-26(22)19-7-4-6-17(12-19)20-8-3-2-5-18(20)13-23/h2-12,14-15H,1H3. The lowest BCUT2D eigenvalue weighted by molar-refractivity contribution is 0.215. The first-order valence-corrected chi connectivity index (χ1v) is 8.44. The van der Waals surface area contributed by atoms with E-state index in [0.29, 0.717) is 5.56 Å². The highest BCUT2D eigenvalue weighted by Gasteiger charge is 2.08. The molecule has 0 aliphatic heterocycles. The van der Waals surface area contributed by atoms with Crippen LogP contribution in [0.2, 0.25) is 0 Å².